The fourth-order valence-corrected chi connectivity index (χ4v) is 3.45. The first-order valence-electron chi connectivity index (χ1n) is 9.02. The molecule has 0 unspecified atom stereocenters. The highest BCUT2D eigenvalue weighted by Gasteiger charge is 2.18. The highest BCUT2D eigenvalue weighted by Crippen LogP contribution is 2.30. The summed E-state index contributed by atoms with van der Waals surface area (Å²) in [6.07, 6.45) is 1.07. The quantitative estimate of drug-likeness (QED) is 0.751. The van der Waals surface area contributed by atoms with Gasteiger partial charge in [0.15, 0.2) is 6.61 Å². The van der Waals surface area contributed by atoms with Crippen molar-refractivity contribution in [3.05, 3.63) is 66.2 Å². The minimum atomic E-state index is -0.154. The predicted molar refractivity (Wildman–Crippen MR) is 106 cm³/mol. The van der Waals surface area contributed by atoms with Crippen LogP contribution in [0.5, 0.6) is 5.75 Å². The zero-order valence-corrected chi connectivity index (χ0v) is 14.9. The lowest BCUT2D eigenvalue weighted by atomic mass is 10.1. The third-order valence-corrected chi connectivity index (χ3v) is 4.83. The van der Waals surface area contributed by atoms with Crippen LogP contribution in [0.1, 0.15) is 12.5 Å². The average Bonchev–Trinajstić information content (AvgIpc) is 3.08. The van der Waals surface area contributed by atoms with E-state index in [4.69, 9.17) is 4.74 Å². The number of anilines is 2. The number of carbonyl (C=O) groups is 1. The Hall–Kier alpha value is -3.01. The highest BCUT2D eigenvalue weighted by atomic mass is 16.5. The maximum absolute atomic E-state index is 12.3. The topological polar surface area (TPSA) is 41.6 Å². The Bertz CT molecular complexity index is 952. The molecule has 1 aliphatic rings. The fourth-order valence-electron chi connectivity index (χ4n) is 3.45. The number of ether oxygens (including phenoxy) is 1. The van der Waals surface area contributed by atoms with Gasteiger partial charge in [0.2, 0.25) is 0 Å². The van der Waals surface area contributed by atoms with Crippen LogP contribution in [-0.2, 0) is 11.2 Å². The van der Waals surface area contributed by atoms with Gasteiger partial charge < -0.3 is 15.0 Å². The van der Waals surface area contributed by atoms with Crippen LogP contribution in [0, 0.1) is 0 Å². The molecule has 0 bridgehead atoms. The van der Waals surface area contributed by atoms with E-state index in [-0.39, 0.29) is 12.5 Å². The third kappa shape index (κ3) is 3.36. The molecule has 0 spiro atoms. The lowest BCUT2D eigenvalue weighted by Crippen LogP contribution is -2.21. The molecule has 0 saturated heterocycles. The van der Waals surface area contributed by atoms with Gasteiger partial charge in [0.05, 0.1) is 0 Å². The van der Waals surface area contributed by atoms with Crippen molar-refractivity contribution in [1.29, 1.82) is 0 Å². The first kappa shape index (κ1) is 16.5. The maximum Gasteiger partial charge on any atom is 0.262 e. The molecule has 0 atom stereocenters. The Balaban J connectivity index is 1.39. The highest BCUT2D eigenvalue weighted by molar-refractivity contribution is 5.92. The first-order valence-corrected chi connectivity index (χ1v) is 9.02. The second-order valence-electron chi connectivity index (χ2n) is 6.52. The summed E-state index contributed by atoms with van der Waals surface area (Å²) in [4.78, 5) is 14.6. The van der Waals surface area contributed by atoms with Gasteiger partial charge in [-0.25, -0.2) is 0 Å². The molecule has 0 aliphatic carbocycles. The van der Waals surface area contributed by atoms with E-state index in [1.165, 1.54) is 11.3 Å². The van der Waals surface area contributed by atoms with Crippen LogP contribution in [-0.4, -0.2) is 25.6 Å². The SMILES string of the molecule is CCN1CCc2ccc(NC(=O)COc3ccc4ccccc4c3)cc21. The fraction of sp³-hybridized carbons (Fsp3) is 0.227. The van der Waals surface area contributed by atoms with Crippen molar-refractivity contribution in [2.45, 2.75) is 13.3 Å². The number of nitrogens with zero attached hydrogens (tertiary/aromatic N) is 1. The van der Waals surface area contributed by atoms with Crippen molar-refractivity contribution in [3.8, 4) is 5.75 Å². The van der Waals surface area contributed by atoms with Gasteiger partial charge in [-0.15, -0.1) is 0 Å². The molecule has 1 heterocycles. The summed E-state index contributed by atoms with van der Waals surface area (Å²) in [6, 6.07) is 20.1. The lowest BCUT2D eigenvalue weighted by molar-refractivity contribution is -0.118. The maximum atomic E-state index is 12.3. The summed E-state index contributed by atoms with van der Waals surface area (Å²) >= 11 is 0. The minimum Gasteiger partial charge on any atom is -0.484 e. The molecular weight excluding hydrogens is 324 g/mol. The number of nitrogens with one attached hydrogen (secondary N) is 1. The largest absolute Gasteiger partial charge is 0.484 e. The first-order chi connectivity index (χ1) is 12.7. The molecule has 4 nitrogen and oxygen atoms in total. The zero-order chi connectivity index (χ0) is 17.9. The Labute approximate surface area is 153 Å². The number of benzene rings is 3. The van der Waals surface area contributed by atoms with Gasteiger partial charge in [-0.3, -0.25) is 4.79 Å². The van der Waals surface area contributed by atoms with Crippen LogP contribution in [0.3, 0.4) is 0 Å². The second kappa shape index (κ2) is 7.08. The normalized spacial score (nSPS) is 12.9. The van der Waals surface area contributed by atoms with Crippen LogP contribution in [0.25, 0.3) is 10.8 Å². The van der Waals surface area contributed by atoms with Crippen LogP contribution >= 0.6 is 0 Å². The molecule has 26 heavy (non-hydrogen) atoms. The van der Waals surface area contributed by atoms with Crippen molar-refractivity contribution in [2.75, 3.05) is 29.9 Å². The van der Waals surface area contributed by atoms with Crippen LogP contribution in [0.2, 0.25) is 0 Å². The Morgan fingerprint density at radius 2 is 1.92 bits per heavy atom. The van der Waals surface area contributed by atoms with Gasteiger partial charge in [-0.2, -0.15) is 0 Å². The van der Waals surface area contributed by atoms with E-state index in [0.29, 0.717) is 5.75 Å². The van der Waals surface area contributed by atoms with E-state index in [0.717, 1.165) is 36.0 Å². The summed E-state index contributed by atoms with van der Waals surface area (Å²) in [7, 11) is 0. The van der Waals surface area contributed by atoms with Gasteiger partial charge in [-0.1, -0.05) is 36.4 Å². The van der Waals surface area contributed by atoms with E-state index < -0.39 is 0 Å². The Morgan fingerprint density at radius 1 is 1.08 bits per heavy atom. The second-order valence-corrected chi connectivity index (χ2v) is 6.52. The molecule has 132 valence electrons. The minimum absolute atomic E-state index is 0.00703. The molecule has 0 fully saturated rings. The number of amides is 1. The van der Waals surface area contributed by atoms with Gasteiger partial charge >= 0.3 is 0 Å². The molecule has 3 aromatic rings. The number of likely N-dealkylation sites (N-methyl/N-ethyl adjacent to an activating group) is 1. The molecule has 1 N–H and O–H groups in total. The van der Waals surface area contributed by atoms with Crippen molar-refractivity contribution < 1.29 is 9.53 Å². The molecule has 4 heteroatoms. The molecule has 1 amide bonds. The van der Waals surface area contributed by atoms with Gasteiger partial charge in [0.1, 0.15) is 5.75 Å². The Morgan fingerprint density at radius 3 is 2.77 bits per heavy atom. The van der Waals surface area contributed by atoms with Crippen LogP contribution in [0.4, 0.5) is 11.4 Å². The molecule has 4 rings (SSSR count). The van der Waals surface area contributed by atoms with Crippen LogP contribution in [0.15, 0.2) is 60.7 Å². The standard InChI is InChI=1S/C22H22N2O2/c1-2-24-12-11-17-7-9-19(14-21(17)24)23-22(25)15-26-20-10-8-16-5-3-4-6-18(16)13-20/h3-10,13-14H,2,11-12,15H2,1H3,(H,23,25). The molecular formula is C22H22N2O2. The van der Waals surface area contributed by atoms with Gasteiger partial charge in [0.25, 0.3) is 5.91 Å². The smallest absolute Gasteiger partial charge is 0.262 e. The van der Waals surface area contributed by atoms with E-state index in [1.807, 2.05) is 42.5 Å². The number of hydrogen-bond acceptors (Lipinski definition) is 3. The van der Waals surface area contributed by atoms with E-state index in [9.17, 15) is 4.79 Å². The van der Waals surface area contributed by atoms with Gasteiger partial charge in [-0.05, 0) is 53.9 Å². The van der Waals surface area contributed by atoms with E-state index in [1.54, 1.807) is 0 Å². The predicted octanol–water partition coefficient (Wildman–Crippen LogP) is 4.24. The number of fused-ring (bicyclic) bond motifs is 2. The van der Waals surface area contributed by atoms with E-state index in [2.05, 4.69) is 35.3 Å². The molecule has 3 aromatic carbocycles. The molecule has 0 saturated carbocycles. The van der Waals surface area contributed by atoms with Crippen molar-refractivity contribution >= 4 is 28.1 Å². The van der Waals surface area contributed by atoms with Crippen LogP contribution < -0.4 is 15.0 Å². The van der Waals surface area contributed by atoms with Crippen molar-refractivity contribution in [1.82, 2.24) is 0 Å². The summed E-state index contributed by atoms with van der Waals surface area (Å²) in [5.74, 6) is 0.545. The van der Waals surface area contributed by atoms with Crippen molar-refractivity contribution in [2.24, 2.45) is 0 Å². The molecule has 1 aliphatic heterocycles. The molecule has 0 aromatic heterocycles. The summed E-state index contributed by atoms with van der Waals surface area (Å²) in [5, 5.41) is 5.19. The zero-order valence-electron chi connectivity index (χ0n) is 14.9. The monoisotopic (exact) mass is 346 g/mol. The van der Waals surface area contributed by atoms with Crippen molar-refractivity contribution in [3.63, 3.8) is 0 Å². The van der Waals surface area contributed by atoms with Gasteiger partial charge in [0, 0.05) is 24.5 Å². The average molecular weight is 346 g/mol. The summed E-state index contributed by atoms with van der Waals surface area (Å²) < 4.78 is 5.66. The lowest BCUT2D eigenvalue weighted by Gasteiger charge is -2.17. The molecule has 0 radical (unpaired) electrons. The van der Waals surface area contributed by atoms with E-state index >= 15 is 0 Å². The summed E-state index contributed by atoms with van der Waals surface area (Å²) in [5.41, 5.74) is 3.38. The summed E-state index contributed by atoms with van der Waals surface area (Å²) in [6.45, 7) is 4.18. The number of carbonyl (C=O) groups excluding carboxylic acids is 1. The third-order valence-electron chi connectivity index (χ3n) is 4.83. The number of hydrogen-bond donors (Lipinski definition) is 1. The number of rotatable bonds is 5. The Kier molecular flexibility index (Phi) is 4.48.